The topological polar surface area (TPSA) is 45.8 Å². The van der Waals surface area contributed by atoms with Crippen LogP contribution in [0, 0.1) is 0 Å². The normalized spacial score (nSPS) is 11.3. The summed E-state index contributed by atoms with van der Waals surface area (Å²) in [4.78, 5) is 19.7. The molecule has 0 atom stereocenters. The maximum atomic E-state index is 12.3. The molecule has 3 aromatic rings. The monoisotopic (exact) mass is 288 g/mol. The number of aromatic nitrogens is 2. The van der Waals surface area contributed by atoms with Crippen molar-refractivity contribution in [1.82, 2.24) is 9.97 Å². The molecule has 19 heavy (non-hydrogen) atoms. The van der Waals surface area contributed by atoms with Gasteiger partial charge in [0.1, 0.15) is 5.03 Å². The van der Waals surface area contributed by atoms with Crippen molar-refractivity contribution in [3.63, 3.8) is 0 Å². The van der Waals surface area contributed by atoms with Gasteiger partial charge < -0.3 is 4.98 Å². The van der Waals surface area contributed by atoms with Gasteiger partial charge in [0.2, 0.25) is 0 Å². The molecular weight excluding hydrogens is 276 g/mol. The summed E-state index contributed by atoms with van der Waals surface area (Å²) in [6.45, 7) is 0. The average Bonchev–Trinajstić information content (AvgIpc) is 2.46. The molecule has 0 saturated heterocycles. The van der Waals surface area contributed by atoms with Crippen LogP contribution in [0.15, 0.2) is 45.2 Å². The van der Waals surface area contributed by atoms with Gasteiger partial charge in [0.25, 0.3) is 5.56 Å². The molecule has 0 unspecified atom stereocenters. The number of para-hydroxylation sites is 1. The van der Waals surface area contributed by atoms with Gasteiger partial charge in [0.05, 0.1) is 10.4 Å². The minimum atomic E-state index is -0.0711. The molecule has 1 N–H and O–H groups in total. The summed E-state index contributed by atoms with van der Waals surface area (Å²) in [5.41, 5.74) is 0.795. The molecule has 5 heteroatoms. The molecule has 0 aliphatic heterocycles. The van der Waals surface area contributed by atoms with E-state index in [1.165, 1.54) is 11.8 Å². The Morgan fingerprint density at radius 3 is 2.63 bits per heavy atom. The number of thioether (sulfide) groups is 2. The summed E-state index contributed by atoms with van der Waals surface area (Å²) < 4.78 is 0. The summed E-state index contributed by atoms with van der Waals surface area (Å²) in [6.07, 6.45) is 3.94. The van der Waals surface area contributed by atoms with E-state index in [9.17, 15) is 4.79 Å². The zero-order valence-electron chi connectivity index (χ0n) is 10.6. The highest BCUT2D eigenvalue weighted by molar-refractivity contribution is 7.99. The van der Waals surface area contributed by atoms with E-state index >= 15 is 0 Å². The second kappa shape index (κ2) is 4.90. The van der Waals surface area contributed by atoms with E-state index in [4.69, 9.17) is 0 Å². The van der Waals surface area contributed by atoms with E-state index in [1.807, 2.05) is 42.8 Å². The fourth-order valence-corrected chi connectivity index (χ4v) is 3.27. The molecule has 0 fully saturated rings. The van der Waals surface area contributed by atoms with Gasteiger partial charge in [-0.2, -0.15) is 0 Å². The number of H-pyrrole nitrogens is 1. The summed E-state index contributed by atoms with van der Waals surface area (Å²) in [7, 11) is 0. The largest absolute Gasteiger partial charge is 0.321 e. The SMILES string of the molecule is CSc1cc2c(c(SC)n1)c(=O)[nH]c1ccccc12. The van der Waals surface area contributed by atoms with Crippen molar-refractivity contribution in [1.29, 1.82) is 0 Å². The van der Waals surface area contributed by atoms with Crippen LogP contribution < -0.4 is 5.56 Å². The smallest absolute Gasteiger partial charge is 0.259 e. The highest BCUT2D eigenvalue weighted by Crippen LogP contribution is 2.30. The first-order valence-corrected chi connectivity index (χ1v) is 8.23. The Kier molecular flexibility index (Phi) is 3.24. The number of hydrogen-bond donors (Lipinski definition) is 1. The Hall–Kier alpha value is -1.46. The molecule has 2 aromatic heterocycles. The van der Waals surface area contributed by atoms with Gasteiger partial charge in [0.15, 0.2) is 0 Å². The lowest BCUT2D eigenvalue weighted by atomic mass is 10.1. The lowest BCUT2D eigenvalue weighted by Gasteiger charge is -2.08. The number of fused-ring (bicyclic) bond motifs is 3. The molecule has 0 aliphatic carbocycles. The molecule has 2 heterocycles. The van der Waals surface area contributed by atoms with Crippen molar-refractivity contribution in [3.8, 4) is 0 Å². The van der Waals surface area contributed by atoms with Crippen molar-refractivity contribution in [3.05, 3.63) is 40.7 Å². The standard InChI is InChI=1S/C14H12N2OS2/c1-18-11-7-9-8-5-3-4-6-10(8)15-13(17)12(9)14(16-11)19-2/h3-7H,1-2H3,(H,15,17). The third-order valence-electron chi connectivity index (χ3n) is 3.06. The molecule has 0 spiro atoms. The second-order valence-electron chi connectivity index (χ2n) is 4.10. The number of nitrogens with zero attached hydrogens (tertiary/aromatic N) is 1. The van der Waals surface area contributed by atoms with Crippen molar-refractivity contribution >= 4 is 45.2 Å². The van der Waals surface area contributed by atoms with Crippen LogP contribution in [-0.2, 0) is 0 Å². The summed E-state index contributed by atoms with van der Waals surface area (Å²) in [6, 6.07) is 9.86. The third-order valence-corrected chi connectivity index (χ3v) is 4.37. The van der Waals surface area contributed by atoms with Crippen molar-refractivity contribution in [2.24, 2.45) is 0 Å². The predicted molar refractivity (Wildman–Crippen MR) is 83.4 cm³/mol. The molecule has 0 aliphatic rings. The molecular formula is C14H12N2OS2. The number of benzene rings is 1. The molecule has 3 rings (SSSR count). The van der Waals surface area contributed by atoms with Crippen LogP contribution in [0.1, 0.15) is 0 Å². The maximum absolute atomic E-state index is 12.3. The molecule has 0 bridgehead atoms. The van der Waals surface area contributed by atoms with Crippen LogP contribution >= 0.6 is 23.5 Å². The van der Waals surface area contributed by atoms with E-state index in [-0.39, 0.29) is 5.56 Å². The average molecular weight is 288 g/mol. The zero-order chi connectivity index (χ0) is 13.4. The van der Waals surface area contributed by atoms with Gasteiger partial charge in [-0.3, -0.25) is 4.79 Å². The number of nitrogens with one attached hydrogen (secondary N) is 1. The first-order chi connectivity index (χ1) is 9.24. The first-order valence-electron chi connectivity index (χ1n) is 5.78. The minimum absolute atomic E-state index is 0.0711. The summed E-state index contributed by atoms with van der Waals surface area (Å²) in [5.74, 6) is 0. The number of aromatic amines is 1. The van der Waals surface area contributed by atoms with Crippen molar-refractivity contribution < 1.29 is 0 Å². The predicted octanol–water partition coefficient (Wildman–Crippen LogP) is 3.52. The molecule has 3 nitrogen and oxygen atoms in total. The lowest BCUT2D eigenvalue weighted by Crippen LogP contribution is -2.08. The van der Waals surface area contributed by atoms with Gasteiger partial charge in [-0.25, -0.2) is 4.98 Å². The van der Waals surface area contributed by atoms with E-state index in [2.05, 4.69) is 9.97 Å². The third kappa shape index (κ3) is 2.03. The van der Waals surface area contributed by atoms with E-state index in [0.717, 1.165) is 26.3 Å². The molecule has 96 valence electrons. The fourth-order valence-electron chi connectivity index (χ4n) is 2.20. The second-order valence-corrected chi connectivity index (χ2v) is 5.72. The van der Waals surface area contributed by atoms with Crippen LogP contribution in [0.2, 0.25) is 0 Å². The van der Waals surface area contributed by atoms with Gasteiger partial charge >= 0.3 is 0 Å². The number of hydrogen-bond acceptors (Lipinski definition) is 4. The van der Waals surface area contributed by atoms with E-state index in [0.29, 0.717) is 5.39 Å². The Morgan fingerprint density at radius 1 is 1.11 bits per heavy atom. The van der Waals surface area contributed by atoms with Crippen LogP contribution in [0.3, 0.4) is 0 Å². The van der Waals surface area contributed by atoms with E-state index in [1.54, 1.807) is 11.8 Å². The number of rotatable bonds is 2. The quantitative estimate of drug-likeness (QED) is 0.579. The Labute approximate surface area is 118 Å². The molecule has 0 radical (unpaired) electrons. The van der Waals surface area contributed by atoms with Gasteiger partial charge in [0, 0.05) is 16.3 Å². The summed E-state index contributed by atoms with van der Waals surface area (Å²) >= 11 is 3.10. The minimum Gasteiger partial charge on any atom is -0.321 e. The Balaban J connectivity index is 2.59. The first kappa shape index (κ1) is 12.6. The zero-order valence-corrected chi connectivity index (χ0v) is 12.2. The van der Waals surface area contributed by atoms with Crippen molar-refractivity contribution in [2.75, 3.05) is 12.5 Å². The van der Waals surface area contributed by atoms with Crippen LogP contribution in [-0.4, -0.2) is 22.5 Å². The maximum Gasteiger partial charge on any atom is 0.259 e. The Bertz CT molecular complexity index is 827. The highest BCUT2D eigenvalue weighted by atomic mass is 32.2. The van der Waals surface area contributed by atoms with Crippen LogP contribution in [0.5, 0.6) is 0 Å². The molecule has 1 aromatic carbocycles. The van der Waals surface area contributed by atoms with Gasteiger partial charge in [-0.05, 0) is 24.6 Å². The van der Waals surface area contributed by atoms with Crippen LogP contribution in [0.4, 0.5) is 0 Å². The molecule has 0 saturated carbocycles. The Morgan fingerprint density at radius 2 is 1.89 bits per heavy atom. The van der Waals surface area contributed by atoms with Crippen molar-refractivity contribution in [2.45, 2.75) is 10.1 Å². The van der Waals surface area contributed by atoms with Crippen LogP contribution in [0.25, 0.3) is 21.7 Å². The number of pyridine rings is 2. The van der Waals surface area contributed by atoms with Gasteiger partial charge in [-0.15, -0.1) is 23.5 Å². The van der Waals surface area contributed by atoms with Gasteiger partial charge in [-0.1, -0.05) is 18.2 Å². The fraction of sp³-hybridized carbons (Fsp3) is 0.143. The summed E-state index contributed by atoms with van der Waals surface area (Å²) in [5, 5.41) is 4.44. The van der Waals surface area contributed by atoms with E-state index < -0.39 is 0 Å². The molecule has 0 amide bonds. The highest BCUT2D eigenvalue weighted by Gasteiger charge is 2.11. The lowest BCUT2D eigenvalue weighted by molar-refractivity contribution is 1.04.